The van der Waals surface area contributed by atoms with Crippen molar-refractivity contribution < 1.29 is 0 Å². The molecule has 1 saturated heterocycles. The van der Waals surface area contributed by atoms with Crippen LogP contribution in [0.5, 0.6) is 0 Å². The van der Waals surface area contributed by atoms with Crippen LogP contribution in [0.3, 0.4) is 0 Å². The van der Waals surface area contributed by atoms with Gasteiger partial charge in [0.2, 0.25) is 0 Å². The molecule has 1 aromatic rings. The molecule has 1 heterocycles. The van der Waals surface area contributed by atoms with E-state index < -0.39 is 0 Å². The highest BCUT2D eigenvalue weighted by Crippen LogP contribution is 2.28. The van der Waals surface area contributed by atoms with Gasteiger partial charge in [0.15, 0.2) is 0 Å². The average molecular weight is 273 g/mol. The first-order chi connectivity index (χ1) is 8.20. The maximum Gasteiger partial charge on any atom is 0.0471 e. The van der Waals surface area contributed by atoms with E-state index >= 15 is 0 Å². The summed E-state index contributed by atoms with van der Waals surface area (Å²) in [4.78, 5) is 2.44. The zero-order valence-corrected chi connectivity index (χ0v) is 11.3. The maximum absolute atomic E-state index is 6.05. The Morgan fingerprint density at radius 3 is 2.18 bits per heavy atom. The average Bonchev–Trinajstić information content (AvgIpc) is 2.30. The third-order valence-corrected chi connectivity index (χ3v) is 3.76. The van der Waals surface area contributed by atoms with Crippen LogP contribution in [0.15, 0.2) is 18.2 Å². The van der Waals surface area contributed by atoms with Gasteiger partial charge in [0.25, 0.3) is 0 Å². The molecule has 0 spiro atoms. The molecule has 0 amide bonds. The fraction of sp³-hybridized carbons (Fsp3) is 0.538. The molecule has 17 heavy (non-hydrogen) atoms. The number of likely N-dealkylation sites (tertiary alicyclic amines) is 1. The summed E-state index contributed by atoms with van der Waals surface area (Å²) in [7, 11) is 0. The summed E-state index contributed by atoms with van der Waals surface area (Å²) in [6, 6.07) is 5.95. The minimum atomic E-state index is 0.242. The Morgan fingerprint density at radius 2 is 1.65 bits per heavy atom. The predicted octanol–water partition coefficient (Wildman–Crippen LogP) is 3.48. The second-order valence-electron chi connectivity index (χ2n) is 4.55. The van der Waals surface area contributed by atoms with Gasteiger partial charge in [0, 0.05) is 22.6 Å². The van der Waals surface area contributed by atoms with Crippen molar-refractivity contribution in [3.8, 4) is 0 Å². The molecule has 0 unspecified atom stereocenters. The predicted molar refractivity (Wildman–Crippen MR) is 73.7 cm³/mol. The molecule has 2 N–H and O–H groups in total. The summed E-state index contributed by atoms with van der Waals surface area (Å²) >= 11 is 12.1. The van der Waals surface area contributed by atoms with Gasteiger partial charge in [0.1, 0.15) is 0 Å². The first kappa shape index (κ1) is 13.2. The van der Waals surface area contributed by atoms with E-state index in [1.807, 2.05) is 12.1 Å². The van der Waals surface area contributed by atoms with Gasteiger partial charge >= 0.3 is 0 Å². The zero-order valence-electron chi connectivity index (χ0n) is 9.83. The molecule has 0 saturated carbocycles. The molecule has 0 aromatic heterocycles. The van der Waals surface area contributed by atoms with Crippen LogP contribution in [-0.2, 0) is 0 Å². The molecule has 2 nitrogen and oxygen atoms in total. The van der Waals surface area contributed by atoms with Gasteiger partial charge in [-0.3, -0.25) is 4.90 Å². The van der Waals surface area contributed by atoms with E-state index in [4.69, 9.17) is 28.9 Å². The minimum absolute atomic E-state index is 0.242. The summed E-state index contributed by atoms with van der Waals surface area (Å²) in [6.45, 7) is 2.84. The Morgan fingerprint density at radius 1 is 1.06 bits per heavy atom. The van der Waals surface area contributed by atoms with Crippen LogP contribution in [-0.4, -0.2) is 24.5 Å². The summed E-state index contributed by atoms with van der Waals surface area (Å²) < 4.78 is 0. The van der Waals surface area contributed by atoms with Crippen molar-refractivity contribution in [2.75, 3.05) is 19.6 Å². The maximum atomic E-state index is 6.05. The third-order valence-electron chi connectivity index (χ3n) is 3.32. The largest absolute Gasteiger partial charge is 0.329 e. The standard InChI is InChI=1S/C13H18Cl2N2/c14-11-6-10(7-12(15)8-11)13(9-16)17-4-2-1-3-5-17/h6-8,13H,1-5,9,16H2/t13-/m1/s1. The Kier molecular flexibility index (Phi) is 4.69. The molecule has 1 fully saturated rings. The number of hydrogen-bond donors (Lipinski definition) is 1. The van der Waals surface area contributed by atoms with Crippen LogP contribution in [0, 0.1) is 0 Å². The highest BCUT2D eigenvalue weighted by molar-refractivity contribution is 6.34. The molecule has 1 aliphatic rings. The molecular weight excluding hydrogens is 255 g/mol. The van der Waals surface area contributed by atoms with E-state index in [2.05, 4.69) is 4.90 Å². The lowest BCUT2D eigenvalue weighted by Gasteiger charge is -2.34. The summed E-state index contributed by atoms with van der Waals surface area (Å²) in [5, 5.41) is 1.37. The molecule has 2 rings (SSSR count). The lowest BCUT2D eigenvalue weighted by atomic mass is 10.0. The van der Waals surface area contributed by atoms with Crippen molar-refractivity contribution in [3.05, 3.63) is 33.8 Å². The van der Waals surface area contributed by atoms with E-state index in [-0.39, 0.29) is 6.04 Å². The van der Waals surface area contributed by atoms with Crippen LogP contribution in [0.25, 0.3) is 0 Å². The van der Waals surface area contributed by atoms with Crippen LogP contribution in [0.2, 0.25) is 10.0 Å². The summed E-state index contributed by atoms with van der Waals surface area (Å²) in [5.74, 6) is 0. The van der Waals surface area contributed by atoms with E-state index in [0.717, 1.165) is 18.7 Å². The molecule has 94 valence electrons. The van der Waals surface area contributed by atoms with Crippen LogP contribution < -0.4 is 5.73 Å². The van der Waals surface area contributed by atoms with Crippen LogP contribution in [0.1, 0.15) is 30.9 Å². The lowest BCUT2D eigenvalue weighted by Crippen LogP contribution is -2.37. The number of rotatable bonds is 3. The number of nitrogens with two attached hydrogens (primary N) is 1. The molecule has 1 atom stereocenters. The van der Waals surface area contributed by atoms with Crippen molar-refractivity contribution in [3.63, 3.8) is 0 Å². The van der Waals surface area contributed by atoms with Crippen molar-refractivity contribution in [1.82, 2.24) is 4.90 Å². The number of benzene rings is 1. The number of halogens is 2. The van der Waals surface area contributed by atoms with Crippen LogP contribution >= 0.6 is 23.2 Å². The van der Waals surface area contributed by atoms with Crippen molar-refractivity contribution in [1.29, 1.82) is 0 Å². The van der Waals surface area contributed by atoms with Gasteiger partial charge in [-0.15, -0.1) is 0 Å². The smallest absolute Gasteiger partial charge is 0.0471 e. The Balaban J connectivity index is 2.21. The Hall–Kier alpha value is -0.280. The van der Waals surface area contributed by atoms with Gasteiger partial charge in [-0.1, -0.05) is 29.6 Å². The molecule has 0 aliphatic carbocycles. The lowest BCUT2D eigenvalue weighted by molar-refractivity contribution is 0.167. The molecule has 1 aliphatic heterocycles. The molecular formula is C13H18Cl2N2. The quantitative estimate of drug-likeness (QED) is 0.913. The van der Waals surface area contributed by atoms with E-state index in [9.17, 15) is 0 Å². The molecule has 0 radical (unpaired) electrons. The first-order valence-electron chi connectivity index (χ1n) is 6.11. The monoisotopic (exact) mass is 272 g/mol. The first-order valence-corrected chi connectivity index (χ1v) is 6.86. The van der Waals surface area contributed by atoms with Gasteiger partial charge in [-0.25, -0.2) is 0 Å². The van der Waals surface area contributed by atoms with Gasteiger partial charge in [0.05, 0.1) is 0 Å². The van der Waals surface area contributed by atoms with Crippen molar-refractivity contribution >= 4 is 23.2 Å². The van der Waals surface area contributed by atoms with E-state index in [1.165, 1.54) is 19.3 Å². The molecule has 4 heteroatoms. The Labute approximate surface area is 113 Å². The SMILES string of the molecule is NC[C@H](c1cc(Cl)cc(Cl)c1)N1CCCCC1. The molecule has 1 aromatic carbocycles. The van der Waals surface area contributed by atoms with Gasteiger partial charge < -0.3 is 5.73 Å². The fourth-order valence-corrected chi connectivity index (χ4v) is 3.04. The summed E-state index contributed by atoms with van der Waals surface area (Å²) in [5.41, 5.74) is 7.04. The van der Waals surface area contributed by atoms with Crippen molar-refractivity contribution in [2.24, 2.45) is 5.73 Å². The Bertz CT molecular complexity index is 355. The third kappa shape index (κ3) is 3.35. The number of hydrogen-bond acceptors (Lipinski definition) is 2. The van der Waals surface area contributed by atoms with Gasteiger partial charge in [-0.05, 0) is 49.7 Å². The highest BCUT2D eigenvalue weighted by Gasteiger charge is 2.21. The van der Waals surface area contributed by atoms with E-state index in [1.54, 1.807) is 6.07 Å². The van der Waals surface area contributed by atoms with E-state index in [0.29, 0.717) is 16.6 Å². The second-order valence-corrected chi connectivity index (χ2v) is 5.42. The number of piperidine rings is 1. The van der Waals surface area contributed by atoms with Crippen molar-refractivity contribution in [2.45, 2.75) is 25.3 Å². The van der Waals surface area contributed by atoms with Gasteiger partial charge in [-0.2, -0.15) is 0 Å². The highest BCUT2D eigenvalue weighted by atomic mass is 35.5. The number of nitrogens with zero attached hydrogens (tertiary/aromatic N) is 1. The minimum Gasteiger partial charge on any atom is -0.329 e. The summed E-state index contributed by atoms with van der Waals surface area (Å²) in [6.07, 6.45) is 3.83. The zero-order chi connectivity index (χ0) is 12.3. The normalized spacial score (nSPS) is 19.2. The second kappa shape index (κ2) is 6.05. The topological polar surface area (TPSA) is 29.3 Å². The molecule has 0 bridgehead atoms. The van der Waals surface area contributed by atoms with Crippen LogP contribution in [0.4, 0.5) is 0 Å². The fourth-order valence-electron chi connectivity index (χ4n) is 2.49.